The second-order valence-corrected chi connectivity index (χ2v) is 9.48. The van der Waals surface area contributed by atoms with Gasteiger partial charge in [0.1, 0.15) is 5.56 Å². The van der Waals surface area contributed by atoms with Crippen LogP contribution >= 0.6 is 0 Å². The topological polar surface area (TPSA) is 82.6 Å². The van der Waals surface area contributed by atoms with Crippen LogP contribution in [0, 0.1) is 0 Å². The lowest BCUT2D eigenvalue weighted by molar-refractivity contribution is 0.0252. The van der Waals surface area contributed by atoms with Gasteiger partial charge in [-0.15, -0.1) is 0 Å². The molecule has 0 aliphatic carbocycles. The van der Waals surface area contributed by atoms with Crippen LogP contribution < -0.4 is 15.4 Å². The Bertz CT molecular complexity index is 1000. The zero-order chi connectivity index (χ0) is 21.6. The lowest BCUT2D eigenvalue weighted by Crippen LogP contribution is -2.50. The Morgan fingerprint density at radius 1 is 1.26 bits per heavy atom. The zero-order valence-corrected chi connectivity index (χ0v) is 18.4. The molecule has 3 aliphatic heterocycles. The van der Waals surface area contributed by atoms with Crippen molar-refractivity contribution in [2.45, 2.75) is 44.7 Å². The Morgan fingerprint density at radius 2 is 2.06 bits per heavy atom. The van der Waals surface area contributed by atoms with Crippen LogP contribution in [0.2, 0.25) is 0 Å². The number of nitrogens with one attached hydrogen (secondary N) is 2. The van der Waals surface area contributed by atoms with Crippen molar-refractivity contribution in [2.24, 2.45) is 0 Å². The Hall–Kier alpha value is -2.71. The number of piperidine rings is 1. The zero-order valence-electron chi connectivity index (χ0n) is 18.4. The SMILES string of the molecule is CN1CCC(N2COc3nc(Nc4ccc5c(c4)CNCC5(C)C)ncc3C2=O)CC1. The van der Waals surface area contributed by atoms with Gasteiger partial charge in [-0.3, -0.25) is 4.79 Å². The normalized spacial score (nSPS) is 21.3. The summed E-state index contributed by atoms with van der Waals surface area (Å²) in [5.41, 5.74) is 4.12. The summed E-state index contributed by atoms with van der Waals surface area (Å²) in [6.07, 6.45) is 3.51. The van der Waals surface area contributed by atoms with E-state index in [1.165, 1.54) is 11.1 Å². The van der Waals surface area contributed by atoms with E-state index < -0.39 is 0 Å². The van der Waals surface area contributed by atoms with Gasteiger partial charge in [0.2, 0.25) is 11.8 Å². The highest BCUT2D eigenvalue weighted by Crippen LogP contribution is 2.32. The van der Waals surface area contributed by atoms with Crippen LogP contribution in [0.3, 0.4) is 0 Å². The number of nitrogens with zero attached hydrogens (tertiary/aromatic N) is 4. The van der Waals surface area contributed by atoms with Crippen LogP contribution in [-0.2, 0) is 12.0 Å². The fraction of sp³-hybridized carbons (Fsp3) is 0.522. The second-order valence-electron chi connectivity index (χ2n) is 9.48. The molecule has 0 unspecified atom stereocenters. The summed E-state index contributed by atoms with van der Waals surface area (Å²) >= 11 is 0. The van der Waals surface area contributed by atoms with Crippen molar-refractivity contribution in [2.75, 3.05) is 38.7 Å². The van der Waals surface area contributed by atoms with E-state index in [9.17, 15) is 4.79 Å². The second kappa shape index (κ2) is 7.76. The van der Waals surface area contributed by atoms with E-state index in [4.69, 9.17) is 4.74 Å². The number of anilines is 2. The minimum absolute atomic E-state index is 0.0376. The number of fused-ring (bicyclic) bond motifs is 2. The molecule has 31 heavy (non-hydrogen) atoms. The predicted molar refractivity (Wildman–Crippen MR) is 119 cm³/mol. The van der Waals surface area contributed by atoms with E-state index in [1.807, 2.05) is 4.90 Å². The number of hydrogen-bond acceptors (Lipinski definition) is 7. The molecule has 8 nitrogen and oxygen atoms in total. The van der Waals surface area contributed by atoms with Gasteiger partial charge in [0.25, 0.3) is 5.91 Å². The molecule has 1 aromatic carbocycles. The molecule has 0 radical (unpaired) electrons. The van der Waals surface area contributed by atoms with Gasteiger partial charge >= 0.3 is 0 Å². The molecule has 5 rings (SSSR count). The van der Waals surface area contributed by atoms with E-state index >= 15 is 0 Å². The Morgan fingerprint density at radius 3 is 2.87 bits per heavy atom. The molecule has 0 spiro atoms. The maximum atomic E-state index is 13.0. The summed E-state index contributed by atoms with van der Waals surface area (Å²) in [5, 5.41) is 6.74. The largest absolute Gasteiger partial charge is 0.455 e. The standard InChI is InChI=1S/C23H30N6O2/c1-23(2)13-24-11-15-10-16(4-5-19(15)23)26-22-25-12-18-20(27-22)31-14-29(21(18)30)17-6-8-28(3)9-7-17/h4-5,10,12,17,24H,6-9,11,13-14H2,1-3H3,(H,25,26,27). The summed E-state index contributed by atoms with van der Waals surface area (Å²) in [5.74, 6) is 0.749. The molecule has 3 aliphatic rings. The maximum absolute atomic E-state index is 13.0. The van der Waals surface area contributed by atoms with Crippen molar-refractivity contribution in [1.29, 1.82) is 0 Å². The highest BCUT2D eigenvalue weighted by Gasteiger charge is 2.34. The van der Waals surface area contributed by atoms with Crippen molar-refractivity contribution in [3.63, 3.8) is 0 Å². The van der Waals surface area contributed by atoms with Crippen molar-refractivity contribution in [1.82, 2.24) is 25.1 Å². The highest BCUT2D eigenvalue weighted by molar-refractivity contribution is 5.97. The average Bonchev–Trinajstić information content (AvgIpc) is 2.74. The average molecular weight is 423 g/mol. The van der Waals surface area contributed by atoms with E-state index in [-0.39, 0.29) is 24.1 Å². The summed E-state index contributed by atoms with van der Waals surface area (Å²) in [6, 6.07) is 6.58. The predicted octanol–water partition coefficient (Wildman–Crippen LogP) is 2.49. The van der Waals surface area contributed by atoms with E-state index in [2.05, 4.69) is 64.6 Å². The van der Waals surface area contributed by atoms with Gasteiger partial charge in [-0.2, -0.15) is 4.98 Å². The van der Waals surface area contributed by atoms with Crippen LogP contribution in [0.5, 0.6) is 5.88 Å². The third-order valence-corrected chi connectivity index (χ3v) is 6.69. The van der Waals surface area contributed by atoms with Crippen LogP contribution in [-0.4, -0.2) is 65.1 Å². The number of carbonyl (C=O) groups excluding carboxylic acids is 1. The van der Waals surface area contributed by atoms with Crippen LogP contribution in [0.1, 0.15) is 48.2 Å². The lowest BCUT2D eigenvalue weighted by atomic mass is 9.79. The first kappa shape index (κ1) is 20.2. The minimum Gasteiger partial charge on any atom is -0.455 e. The number of rotatable bonds is 3. The van der Waals surface area contributed by atoms with Crippen molar-refractivity contribution in [3.8, 4) is 5.88 Å². The number of hydrogen-bond donors (Lipinski definition) is 2. The number of benzene rings is 1. The lowest BCUT2D eigenvalue weighted by Gasteiger charge is -2.38. The minimum atomic E-state index is -0.0376. The Labute approximate surface area is 183 Å². The van der Waals surface area contributed by atoms with Crippen LogP contribution in [0.4, 0.5) is 11.6 Å². The van der Waals surface area contributed by atoms with Gasteiger partial charge in [0, 0.05) is 36.4 Å². The van der Waals surface area contributed by atoms with Gasteiger partial charge in [0.05, 0.1) is 0 Å². The quantitative estimate of drug-likeness (QED) is 0.786. The number of ether oxygens (including phenoxy) is 1. The molecular weight excluding hydrogens is 392 g/mol. The molecule has 8 heteroatoms. The smallest absolute Gasteiger partial charge is 0.263 e. The third kappa shape index (κ3) is 3.85. The number of aromatic nitrogens is 2. The molecule has 1 saturated heterocycles. The van der Waals surface area contributed by atoms with E-state index in [0.29, 0.717) is 17.4 Å². The van der Waals surface area contributed by atoms with Crippen LogP contribution in [0.25, 0.3) is 0 Å². The first-order chi connectivity index (χ1) is 14.9. The van der Waals surface area contributed by atoms with Crippen LogP contribution in [0.15, 0.2) is 24.4 Å². The Kier molecular flexibility index (Phi) is 5.06. The molecule has 0 bridgehead atoms. The molecule has 2 aromatic rings. The number of amides is 1. The van der Waals surface area contributed by atoms with Gasteiger partial charge in [-0.05, 0) is 56.2 Å². The van der Waals surface area contributed by atoms with Gasteiger partial charge in [-0.25, -0.2) is 4.98 Å². The molecule has 0 saturated carbocycles. The molecular formula is C23H30N6O2. The molecule has 0 atom stereocenters. The summed E-state index contributed by atoms with van der Waals surface area (Å²) in [7, 11) is 2.11. The summed E-state index contributed by atoms with van der Waals surface area (Å²) in [6.45, 7) is 8.56. The number of likely N-dealkylation sites (tertiary alicyclic amines) is 1. The fourth-order valence-corrected chi connectivity index (χ4v) is 4.82. The molecule has 2 N–H and O–H groups in total. The molecule has 4 heterocycles. The van der Waals surface area contributed by atoms with Crippen molar-refractivity contribution < 1.29 is 9.53 Å². The summed E-state index contributed by atoms with van der Waals surface area (Å²) < 4.78 is 5.87. The van der Waals surface area contributed by atoms with E-state index in [0.717, 1.165) is 44.7 Å². The molecule has 1 fully saturated rings. The molecule has 1 amide bonds. The monoisotopic (exact) mass is 422 g/mol. The van der Waals surface area contributed by atoms with Crippen molar-refractivity contribution >= 4 is 17.5 Å². The first-order valence-electron chi connectivity index (χ1n) is 11.0. The molecule has 164 valence electrons. The summed E-state index contributed by atoms with van der Waals surface area (Å²) in [4.78, 5) is 26.0. The van der Waals surface area contributed by atoms with Crippen molar-refractivity contribution in [3.05, 3.63) is 41.1 Å². The van der Waals surface area contributed by atoms with Gasteiger partial charge in [-0.1, -0.05) is 19.9 Å². The highest BCUT2D eigenvalue weighted by atomic mass is 16.5. The third-order valence-electron chi connectivity index (χ3n) is 6.69. The first-order valence-corrected chi connectivity index (χ1v) is 11.0. The van der Waals surface area contributed by atoms with E-state index in [1.54, 1.807) is 6.20 Å². The number of carbonyl (C=O) groups is 1. The molecule has 1 aromatic heterocycles. The van der Waals surface area contributed by atoms with Gasteiger partial charge < -0.3 is 25.2 Å². The van der Waals surface area contributed by atoms with Gasteiger partial charge in [0.15, 0.2) is 6.73 Å². The Balaban J connectivity index is 1.32. The maximum Gasteiger partial charge on any atom is 0.263 e. The fourth-order valence-electron chi connectivity index (χ4n) is 4.82.